The molecule has 0 saturated carbocycles. The van der Waals surface area contributed by atoms with Gasteiger partial charge in [0.1, 0.15) is 4.99 Å². The Bertz CT molecular complexity index is 504. The Morgan fingerprint density at radius 3 is 3.00 bits per heavy atom. The van der Waals surface area contributed by atoms with Gasteiger partial charge in [0.05, 0.1) is 5.69 Å². The number of fused-ring (bicyclic) bond motifs is 2. The molecule has 2 fully saturated rings. The summed E-state index contributed by atoms with van der Waals surface area (Å²) < 4.78 is 0. The van der Waals surface area contributed by atoms with Gasteiger partial charge < -0.3 is 5.73 Å². The van der Waals surface area contributed by atoms with E-state index in [2.05, 4.69) is 27.9 Å². The zero-order valence-corrected chi connectivity index (χ0v) is 12.8. The third-order valence-electron chi connectivity index (χ3n) is 4.72. The number of pyridine rings is 1. The van der Waals surface area contributed by atoms with E-state index >= 15 is 0 Å². The number of nitrogens with two attached hydrogens (primary N) is 1. The number of likely N-dealkylation sites (tertiary alicyclic amines) is 1. The zero-order chi connectivity index (χ0) is 14.1. The third-order valence-corrected chi connectivity index (χ3v) is 4.92. The summed E-state index contributed by atoms with van der Waals surface area (Å²) in [5.74, 6) is 0. The standard InChI is InChI=1S/C15H22N4S/c1-18-12-2-3-13(18)10-19(7-5-12)9-11-4-6-17-14(8-11)15(16)20/h4,6,8,12-13H,2-3,5,7,9-10H2,1H3,(H2,16,20). The molecule has 3 rings (SSSR count). The maximum atomic E-state index is 5.66. The minimum Gasteiger partial charge on any atom is -0.388 e. The van der Waals surface area contributed by atoms with Crippen LogP contribution in [-0.2, 0) is 6.54 Å². The molecular weight excluding hydrogens is 268 g/mol. The van der Waals surface area contributed by atoms with Crippen LogP contribution in [0.4, 0.5) is 0 Å². The molecule has 3 heterocycles. The van der Waals surface area contributed by atoms with E-state index < -0.39 is 0 Å². The fourth-order valence-electron chi connectivity index (χ4n) is 3.49. The summed E-state index contributed by atoms with van der Waals surface area (Å²) in [6.45, 7) is 3.31. The highest BCUT2D eigenvalue weighted by molar-refractivity contribution is 7.80. The minimum absolute atomic E-state index is 0.376. The lowest BCUT2D eigenvalue weighted by Gasteiger charge is -2.25. The monoisotopic (exact) mass is 290 g/mol. The molecule has 2 atom stereocenters. The molecule has 0 radical (unpaired) electrons. The van der Waals surface area contributed by atoms with Crippen LogP contribution in [-0.4, -0.2) is 52.0 Å². The fraction of sp³-hybridized carbons (Fsp3) is 0.600. The lowest BCUT2D eigenvalue weighted by molar-refractivity contribution is 0.214. The molecule has 1 aromatic heterocycles. The summed E-state index contributed by atoms with van der Waals surface area (Å²) in [7, 11) is 2.28. The number of rotatable bonds is 3. The van der Waals surface area contributed by atoms with Crippen LogP contribution in [0.25, 0.3) is 0 Å². The number of nitrogens with zero attached hydrogens (tertiary/aromatic N) is 3. The molecule has 0 aromatic carbocycles. The molecule has 1 aromatic rings. The first kappa shape index (κ1) is 13.9. The van der Waals surface area contributed by atoms with E-state index in [1.54, 1.807) is 6.20 Å². The van der Waals surface area contributed by atoms with Gasteiger partial charge in [-0.1, -0.05) is 12.2 Å². The molecular formula is C15H22N4S. The first-order valence-corrected chi connectivity index (χ1v) is 7.73. The van der Waals surface area contributed by atoms with Gasteiger partial charge in [-0.15, -0.1) is 0 Å². The van der Waals surface area contributed by atoms with Crippen molar-refractivity contribution in [2.75, 3.05) is 20.1 Å². The Morgan fingerprint density at radius 1 is 1.40 bits per heavy atom. The summed E-state index contributed by atoms with van der Waals surface area (Å²) in [5, 5.41) is 0. The largest absolute Gasteiger partial charge is 0.388 e. The normalized spacial score (nSPS) is 27.4. The third kappa shape index (κ3) is 2.85. The van der Waals surface area contributed by atoms with E-state index in [4.69, 9.17) is 18.0 Å². The van der Waals surface area contributed by atoms with Gasteiger partial charge in [0.25, 0.3) is 0 Å². The van der Waals surface area contributed by atoms with Crippen LogP contribution in [0, 0.1) is 0 Å². The van der Waals surface area contributed by atoms with Crippen LogP contribution >= 0.6 is 12.2 Å². The second kappa shape index (κ2) is 5.76. The van der Waals surface area contributed by atoms with Gasteiger partial charge in [0.15, 0.2) is 0 Å². The van der Waals surface area contributed by atoms with Crippen LogP contribution in [0.5, 0.6) is 0 Å². The topological polar surface area (TPSA) is 45.4 Å². The first-order chi connectivity index (χ1) is 9.63. The van der Waals surface area contributed by atoms with Crippen LogP contribution in [0.15, 0.2) is 18.3 Å². The van der Waals surface area contributed by atoms with Crippen molar-refractivity contribution in [3.05, 3.63) is 29.6 Å². The maximum absolute atomic E-state index is 5.66. The van der Waals surface area contributed by atoms with E-state index in [0.29, 0.717) is 4.99 Å². The second-order valence-electron chi connectivity index (χ2n) is 5.99. The highest BCUT2D eigenvalue weighted by Gasteiger charge is 2.34. The number of likely N-dealkylation sites (N-methyl/N-ethyl adjacent to an activating group) is 1. The van der Waals surface area contributed by atoms with Gasteiger partial charge in [-0.25, -0.2) is 0 Å². The Balaban J connectivity index is 1.69. The molecule has 2 N–H and O–H groups in total. The van der Waals surface area contributed by atoms with Crippen molar-refractivity contribution in [1.29, 1.82) is 0 Å². The molecule has 20 heavy (non-hydrogen) atoms. The molecule has 4 nitrogen and oxygen atoms in total. The zero-order valence-electron chi connectivity index (χ0n) is 12.0. The second-order valence-corrected chi connectivity index (χ2v) is 6.43. The van der Waals surface area contributed by atoms with Crippen molar-refractivity contribution in [2.24, 2.45) is 5.73 Å². The van der Waals surface area contributed by atoms with Gasteiger partial charge in [-0.2, -0.15) is 0 Å². The molecule has 0 aliphatic carbocycles. The highest BCUT2D eigenvalue weighted by atomic mass is 32.1. The van der Waals surface area contributed by atoms with E-state index in [0.717, 1.165) is 30.9 Å². The van der Waals surface area contributed by atoms with Gasteiger partial charge >= 0.3 is 0 Å². The molecule has 2 saturated heterocycles. The number of thiocarbonyl (C=S) groups is 1. The number of aromatic nitrogens is 1. The van der Waals surface area contributed by atoms with Crippen LogP contribution in [0.1, 0.15) is 30.5 Å². The maximum Gasteiger partial charge on any atom is 0.122 e. The number of hydrogen-bond acceptors (Lipinski definition) is 4. The van der Waals surface area contributed by atoms with Crippen molar-refractivity contribution in [2.45, 2.75) is 37.9 Å². The Morgan fingerprint density at radius 2 is 2.20 bits per heavy atom. The van der Waals surface area contributed by atoms with Gasteiger partial charge in [-0.3, -0.25) is 14.8 Å². The predicted octanol–water partition coefficient (Wildman–Crippen LogP) is 1.38. The molecule has 108 valence electrons. The smallest absolute Gasteiger partial charge is 0.122 e. The summed E-state index contributed by atoms with van der Waals surface area (Å²) in [6.07, 6.45) is 5.79. The van der Waals surface area contributed by atoms with Crippen molar-refractivity contribution in [1.82, 2.24) is 14.8 Å². The lowest BCUT2D eigenvalue weighted by atomic mass is 10.1. The van der Waals surface area contributed by atoms with E-state index in [1.807, 2.05) is 6.07 Å². The van der Waals surface area contributed by atoms with Gasteiger partial charge in [0, 0.05) is 37.9 Å². The van der Waals surface area contributed by atoms with Crippen molar-refractivity contribution < 1.29 is 0 Å². The van der Waals surface area contributed by atoms with Crippen LogP contribution in [0.2, 0.25) is 0 Å². The van der Waals surface area contributed by atoms with Crippen LogP contribution < -0.4 is 5.73 Å². The molecule has 2 aliphatic rings. The Kier molecular flexibility index (Phi) is 4.01. The lowest BCUT2D eigenvalue weighted by Crippen LogP contribution is -2.36. The average Bonchev–Trinajstić information content (AvgIpc) is 2.67. The molecule has 2 aliphatic heterocycles. The molecule has 0 spiro atoms. The van der Waals surface area contributed by atoms with Gasteiger partial charge in [-0.05, 0) is 44.0 Å². The quantitative estimate of drug-likeness (QED) is 0.852. The molecule has 2 unspecified atom stereocenters. The first-order valence-electron chi connectivity index (χ1n) is 7.32. The summed E-state index contributed by atoms with van der Waals surface area (Å²) in [4.78, 5) is 9.72. The molecule has 2 bridgehead atoms. The highest BCUT2D eigenvalue weighted by Crippen LogP contribution is 2.28. The average molecular weight is 290 g/mol. The van der Waals surface area contributed by atoms with Gasteiger partial charge in [0.2, 0.25) is 0 Å². The Hall–Kier alpha value is -1.04. The SMILES string of the molecule is CN1C2CCC1CN(Cc1ccnc(C(N)=S)c1)CC2. The summed E-state index contributed by atoms with van der Waals surface area (Å²) >= 11 is 5.00. The summed E-state index contributed by atoms with van der Waals surface area (Å²) in [6, 6.07) is 5.60. The van der Waals surface area contributed by atoms with Crippen molar-refractivity contribution in [3.8, 4) is 0 Å². The fourth-order valence-corrected chi connectivity index (χ4v) is 3.60. The van der Waals surface area contributed by atoms with E-state index in [9.17, 15) is 0 Å². The molecule has 5 heteroatoms. The van der Waals surface area contributed by atoms with E-state index in [1.165, 1.54) is 31.4 Å². The number of hydrogen-bond donors (Lipinski definition) is 1. The van der Waals surface area contributed by atoms with Crippen LogP contribution in [0.3, 0.4) is 0 Å². The van der Waals surface area contributed by atoms with Crippen molar-refractivity contribution >= 4 is 17.2 Å². The predicted molar refractivity (Wildman–Crippen MR) is 84.6 cm³/mol. The van der Waals surface area contributed by atoms with Crippen molar-refractivity contribution in [3.63, 3.8) is 0 Å². The van der Waals surface area contributed by atoms with E-state index in [-0.39, 0.29) is 0 Å². The Labute approximate surface area is 126 Å². The molecule has 0 amide bonds. The summed E-state index contributed by atoms with van der Waals surface area (Å²) in [5.41, 5.74) is 7.64. The minimum atomic E-state index is 0.376.